The number of hydrogen-bond acceptors (Lipinski definition) is 5. The minimum atomic E-state index is -4.74. The van der Waals surface area contributed by atoms with Crippen LogP contribution < -0.4 is 5.73 Å². The third kappa shape index (κ3) is 5.11. The number of hydrogen-bond donors (Lipinski definition) is 1. The monoisotopic (exact) mass is 488 g/mol. The maximum Gasteiger partial charge on any atom is 0.433 e. The predicted molar refractivity (Wildman–Crippen MR) is 122 cm³/mol. The molecular weight excluding hydrogens is 468 g/mol. The van der Waals surface area contributed by atoms with Gasteiger partial charge in [0.25, 0.3) is 0 Å². The maximum absolute atomic E-state index is 14.1. The van der Waals surface area contributed by atoms with Crippen molar-refractivity contribution < 1.29 is 22.4 Å². The fourth-order valence-corrected chi connectivity index (χ4v) is 5.04. The number of carbonyl (C=O) groups is 1. The Labute approximate surface area is 197 Å². The first kappa shape index (κ1) is 23.9. The van der Waals surface area contributed by atoms with Crippen LogP contribution >= 0.6 is 11.3 Å². The summed E-state index contributed by atoms with van der Waals surface area (Å²) in [6, 6.07) is 7.56. The van der Waals surface area contributed by atoms with Gasteiger partial charge < -0.3 is 10.6 Å². The molecule has 0 spiro atoms. The van der Waals surface area contributed by atoms with Crippen molar-refractivity contribution in [2.45, 2.75) is 37.6 Å². The predicted octanol–water partition coefficient (Wildman–Crippen LogP) is 4.39. The van der Waals surface area contributed by atoms with Gasteiger partial charge in [-0.1, -0.05) is 24.3 Å². The number of alkyl halides is 3. The van der Waals surface area contributed by atoms with Gasteiger partial charge >= 0.3 is 6.18 Å². The zero-order chi connectivity index (χ0) is 24.5. The van der Waals surface area contributed by atoms with E-state index in [0.29, 0.717) is 24.4 Å². The zero-order valence-electron chi connectivity index (χ0n) is 17.8. The van der Waals surface area contributed by atoms with Crippen molar-refractivity contribution in [3.05, 3.63) is 75.3 Å². The first-order valence-electron chi connectivity index (χ1n) is 10.5. The summed E-state index contributed by atoms with van der Waals surface area (Å²) in [5.41, 5.74) is 5.52. The van der Waals surface area contributed by atoms with E-state index in [1.807, 2.05) is 6.07 Å². The van der Waals surface area contributed by atoms with Crippen LogP contribution in [0, 0.1) is 17.1 Å². The second-order valence-corrected chi connectivity index (χ2v) is 9.18. The number of nitriles is 1. The molecule has 2 atom stereocenters. The number of benzene rings is 1. The van der Waals surface area contributed by atoms with Gasteiger partial charge in [0.05, 0.1) is 12.6 Å². The molecule has 34 heavy (non-hydrogen) atoms. The molecule has 0 aliphatic carbocycles. The van der Waals surface area contributed by atoms with Crippen molar-refractivity contribution >= 4 is 28.5 Å². The van der Waals surface area contributed by atoms with Crippen LogP contribution in [0.1, 0.15) is 27.3 Å². The molecule has 176 valence electrons. The number of carbonyl (C=O) groups excluding carboxylic acids is 1. The number of fused-ring (bicyclic) bond motifs is 1. The van der Waals surface area contributed by atoms with Crippen LogP contribution in [0.3, 0.4) is 0 Å². The molecule has 2 N–H and O–H groups in total. The third-order valence-corrected chi connectivity index (χ3v) is 6.71. The Morgan fingerprint density at radius 2 is 2.15 bits per heavy atom. The maximum atomic E-state index is 14.1. The Morgan fingerprint density at radius 1 is 1.38 bits per heavy atom. The Kier molecular flexibility index (Phi) is 6.68. The fourth-order valence-electron chi connectivity index (χ4n) is 4.02. The highest BCUT2D eigenvalue weighted by Gasteiger charge is 2.42. The molecule has 2 aliphatic rings. The summed E-state index contributed by atoms with van der Waals surface area (Å²) < 4.78 is 54.7. The lowest BCUT2D eigenvalue weighted by atomic mass is 9.99. The van der Waals surface area contributed by atoms with Gasteiger partial charge in [-0.3, -0.25) is 9.79 Å². The molecule has 2 aliphatic heterocycles. The lowest BCUT2D eigenvalue weighted by Crippen LogP contribution is -2.34. The summed E-state index contributed by atoms with van der Waals surface area (Å²) in [4.78, 5) is 19.5. The quantitative estimate of drug-likeness (QED) is 0.501. The van der Waals surface area contributed by atoms with Gasteiger partial charge in [-0.2, -0.15) is 18.4 Å². The van der Waals surface area contributed by atoms with E-state index in [0.717, 1.165) is 16.5 Å². The Balaban J connectivity index is 1.42. The number of halogens is 4. The molecule has 5 nitrogen and oxygen atoms in total. The first-order chi connectivity index (χ1) is 16.2. The molecule has 2 unspecified atom stereocenters. The highest BCUT2D eigenvalue weighted by molar-refractivity contribution is 7.12. The van der Waals surface area contributed by atoms with Gasteiger partial charge in [0.2, 0.25) is 5.91 Å². The molecule has 2 aromatic rings. The van der Waals surface area contributed by atoms with Gasteiger partial charge in [0, 0.05) is 34.7 Å². The summed E-state index contributed by atoms with van der Waals surface area (Å²) in [6.07, 6.45) is -0.0166. The summed E-state index contributed by atoms with van der Waals surface area (Å²) in [7, 11) is 0. The second-order valence-electron chi connectivity index (χ2n) is 8.04. The van der Waals surface area contributed by atoms with Crippen LogP contribution in [0.25, 0.3) is 5.57 Å². The molecule has 1 amide bonds. The van der Waals surface area contributed by atoms with Gasteiger partial charge in [0.1, 0.15) is 22.5 Å². The van der Waals surface area contributed by atoms with Gasteiger partial charge in [0.15, 0.2) is 0 Å². The number of nitrogens with two attached hydrogens (primary N) is 1. The van der Waals surface area contributed by atoms with E-state index >= 15 is 0 Å². The SMILES string of the molecule is N#Cc1cc2c(s1)CN(C(=O)/C=C/C(N)CC1C=C(c3ccccc3F)C(C(F)(F)F)=N1)CC2. The van der Waals surface area contributed by atoms with Crippen LogP contribution in [0.5, 0.6) is 0 Å². The molecule has 3 heterocycles. The Hall–Kier alpha value is -3.29. The molecule has 0 saturated carbocycles. The van der Waals surface area contributed by atoms with E-state index in [1.54, 1.807) is 4.90 Å². The molecule has 1 aromatic heterocycles. The van der Waals surface area contributed by atoms with Crippen molar-refractivity contribution in [2.24, 2.45) is 10.7 Å². The highest BCUT2D eigenvalue weighted by atomic mass is 32.1. The Morgan fingerprint density at radius 3 is 2.85 bits per heavy atom. The van der Waals surface area contributed by atoms with Gasteiger partial charge in [-0.15, -0.1) is 11.3 Å². The topological polar surface area (TPSA) is 82.5 Å². The number of allylic oxidation sites excluding steroid dienone is 1. The zero-order valence-corrected chi connectivity index (χ0v) is 18.7. The number of nitrogens with zero attached hydrogens (tertiary/aromatic N) is 3. The molecule has 0 saturated heterocycles. The number of amides is 1. The van der Waals surface area contributed by atoms with E-state index in [2.05, 4.69) is 11.1 Å². The van der Waals surface area contributed by atoms with Crippen LogP contribution in [0.2, 0.25) is 0 Å². The van der Waals surface area contributed by atoms with Crippen LogP contribution in [0.15, 0.2) is 53.6 Å². The van der Waals surface area contributed by atoms with Crippen LogP contribution in [0.4, 0.5) is 17.6 Å². The average molecular weight is 489 g/mol. The van der Waals surface area contributed by atoms with Crippen LogP contribution in [-0.4, -0.2) is 41.3 Å². The normalized spacial score (nSPS) is 18.9. The van der Waals surface area contributed by atoms with Crippen molar-refractivity contribution in [3.63, 3.8) is 0 Å². The molecule has 10 heteroatoms. The lowest BCUT2D eigenvalue weighted by molar-refractivity contribution is -0.126. The molecule has 0 fully saturated rings. The summed E-state index contributed by atoms with van der Waals surface area (Å²) in [5, 5.41) is 9.04. The van der Waals surface area contributed by atoms with Gasteiger partial charge in [-0.05, 0) is 36.6 Å². The van der Waals surface area contributed by atoms with Crippen LogP contribution in [-0.2, 0) is 17.8 Å². The molecule has 1 aromatic carbocycles. The Bertz CT molecular complexity index is 1240. The number of thiophene rings is 1. The summed E-state index contributed by atoms with van der Waals surface area (Å²) in [6.45, 7) is 0.903. The summed E-state index contributed by atoms with van der Waals surface area (Å²) in [5.74, 6) is -1.03. The first-order valence-corrected chi connectivity index (χ1v) is 11.3. The molecule has 0 bridgehead atoms. The van der Waals surface area contributed by atoms with Crippen molar-refractivity contribution in [3.8, 4) is 6.07 Å². The molecule has 0 radical (unpaired) electrons. The van der Waals surface area contributed by atoms with Crippen molar-refractivity contribution in [1.82, 2.24) is 4.90 Å². The minimum absolute atomic E-state index is 0.0297. The minimum Gasteiger partial charge on any atom is -0.334 e. The standard InChI is InChI=1S/C24H20F4N4OS/c25-20-4-2-1-3-18(20)19-11-16(31-23(19)24(26,27)28)10-15(30)5-6-22(33)32-8-7-14-9-17(12-29)34-21(14)13-32/h1-6,9,11,15-16H,7-8,10,13,30H2/b6-5+. The van der Waals surface area contributed by atoms with E-state index in [1.165, 1.54) is 47.8 Å². The number of rotatable bonds is 5. The van der Waals surface area contributed by atoms with E-state index in [-0.39, 0.29) is 23.5 Å². The highest BCUT2D eigenvalue weighted by Crippen LogP contribution is 2.35. The van der Waals surface area contributed by atoms with Crippen molar-refractivity contribution in [2.75, 3.05) is 6.54 Å². The molecule has 4 rings (SSSR count). The second kappa shape index (κ2) is 9.52. The van der Waals surface area contributed by atoms with Gasteiger partial charge in [-0.25, -0.2) is 4.39 Å². The largest absolute Gasteiger partial charge is 0.433 e. The van der Waals surface area contributed by atoms with E-state index in [4.69, 9.17) is 11.0 Å². The third-order valence-electron chi connectivity index (χ3n) is 5.65. The lowest BCUT2D eigenvalue weighted by Gasteiger charge is -2.25. The number of aliphatic imine (C=N–C) groups is 1. The van der Waals surface area contributed by atoms with E-state index < -0.39 is 29.8 Å². The smallest absolute Gasteiger partial charge is 0.334 e. The van der Waals surface area contributed by atoms with Crippen molar-refractivity contribution in [1.29, 1.82) is 5.26 Å². The fraction of sp³-hybridized carbons (Fsp3) is 0.292. The molecular formula is C24H20F4N4OS. The van der Waals surface area contributed by atoms with E-state index in [9.17, 15) is 22.4 Å². The average Bonchev–Trinajstić information content (AvgIpc) is 3.41. The summed E-state index contributed by atoms with van der Waals surface area (Å²) >= 11 is 1.36.